The van der Waals surface area contributed by atoms with Gasteiger partial charge >= 0.3 is 0 Å². The standard InChI is InChI=1S/C9H14ClN3O/c1-7-11-8(10)6-9(14)13(7)5-4-12(2)3/h6H,4-5H2,1-3H3. The molecule has 0 aliphatic heterocycles. The summed E-state index contributed by atoms with van der Waals surface area (Å²) in [6.45, 7) is 3.23. The van der Waals surface area contributed by atoms with Crippen LogP contribution in [0.4, 0.5) is 0 Å². The molecule has 1 rings (SSSR count). The molecular weight excluding hydrogens is 202 g/mol. The molecule has 0 aliphatic carbocycles. The Balaban J connectivity index is 2.92. The first-order valence-corrected chi connectivity index (χ1v) is 4.77. The highest BCUT2D eigenvalue weighted by atomic mass is 35.5. The minimum Gasteiger partial charge on any atom is -0.308 e. The zero-order valence-corrected chi connectivity index (χ0v) is 9.38. The SMILES string of the molecule is Cc1nc(Cl)cc(=O)n1CCN(C)C. The second kappa shape index (κ2) is 4.57. The van der Waals surface area contributed by atoms with E-state index >= 15 is 0 Å². The van der Waals surface area contributed by atoms with Gasteiger partial charge in [-0.3, -0.25) is 9.36 Å². The van der Waals surface area contributed by atoms with Crippen molar-refractivity contribution in [2.24, 2.45) is 0 Å². The normalized spacial score (nSPS) is 10.9. The van der Waals surface area contributed by atoms with Crippen LogP contribution >= 0.6 is 11.6 Å². The Morgan fingerprint density at radius 2 is 2.21 bits per heavy atom. The van der Waals surface area contributed by atoms with Crippen LogP contribution in [0.25, 0.3) is 0 Å². The summed E-state index contributed by atoms with van der Waals surface area (Å²) in [6, 6.07) is 1.34. The fourth-order valence-electron chi connectivity index (χ4n) is 1.16. The zero-order chi connectivity index (χ0) is 10.7. The van der Waals surface area contributed by atoms with Crippen molar-refractivity contribution in [2.75, 3.05) is 20.6 Å². The Hall–Kier alpha value is -0.870. The van der Waals surface area contributed by atoms with Crippen LogP contribution in [-0.2, 0) is 6.54 Å². The first-order chi connectivity index (χ1) is 6.50. The molecule has 0 saturated carbocycles. The van der Waals surface area contributed by atoms with Crippen LogP contribution in [0, 0.1) is 6.92 Å². The highest BCUT2D eigenvalue weighted by Gasteiger charge is 2.03. The number of aryl methyl sites for hydroxylation is 1. The molecule has 1 aromatic heterocycles. The molecule has 0 amide bonds. The molecule has 0 unspecified atom stereocenters. The lowest BCUT2D eigenvalue weighted by Gasteiger charge is -2.12. The van der Waals surface area contributed by atoms with E-state index in [-0.39, 0.29) is 10.7 Å². The minimum atomic E-state index is -0.0932. The smallest absolute Gasteiger partial charge is 0.255 e. The van der Waals surface area contributed by atoms with Crippen LogP contribution < -0.4 is 5.56 Å². The van der Waals surface area contributed by atoms with Gasteiger partial charge in [0.2, 0.25) is 0 Å². The first-order valence-electron chi connectivity index (χ1n) is 4.39. The first kappa shape index (κ1) is 11.2. The van der Waals surface area contributed by atoms with Gasteiger partial charge in [0.1, 0.15) is 11.0 Å². The third-order valence-corrected chi connectivity index (χ3v) is 2.13. The molecule has 0 N–H and O–H groups in total. The molecule has 1 aromatic rings. The van der Waals surface area contributed by atoms with Crippen molar-refractivity contribution in [2.45, 2.75) is 13.5 Å². The van der Waals surface area contributed by atoms with E-state index < -0.39 is 0 Å². The molecule has 0 fully saturated rings. The number of hydrogen-bond acceptors (Lipinski definition) is 3. The van der Waals surface area contributed by atoms with Crippen molar-refractivity contribution in [3.63, 3.8) is 0 Å². The average molecular weight is 216 g/mol. The second-order valence-electron chi connectivity index (χ2n) is 3.42. The zero-order valence-electron chi connectivity index (χ0n) is 8.62. The van der Waals surface area contributed by atoms with Gasteiger partial charge in [0.25, 0.3) is 5.56 Å². The van der Waals surface area contributed by atoms with E-state index in [0.29, 0.717) is 12.4 Å². The number of nitrogens with zero attached hydrogens (tertiary/aromatic N) is 3. The lowest BCUT2D eigenvalue weighted by Crippen LogP contribution is -2.28. The summed E-state index contributed by atoms with van der Waals surface area (Å²) in [4.78, 5) is 17.5. The third kappa shape index (κ3) is 2.82. The summed E-state index contributed by atoms with van der Waals surface area (Å²) in [6.07, 6.45) is 0. The number of hydrogen-bond donors (Lipinski definition) is 0. The summed E-state index contributed by atoms with van der Waals surface area (Å²) < 4.78 is 1.62. The molecule has 14 heavy (non-hydrogen) atoms. The van der Waals surface area contributed by atoms with Crippen molar-refractivity contribution >= 4 is 11.6 Å². The highest BCUT2D eigenvalue weighted by Crippen LogP contribution is 2.00. The quantitative estimate of drug-likeness (QED) is 0.699. The van der Waals surface area contributed by atoms with Crippen LogP contribution in [0.1, 0.15) is 5.82 Å². The highest BCUT2D eigenvalue weighted by molar-refractivity contribution is 6.29. The molecule has 0 saturated heterocycles. The second-order valence-corrected chi connectivity index (χ2v) is 3.81. The summed E-state index contributed by atoms with van der Waals surface area (Å²) in [5.41, 5.74) is -0.0932. The molecule has 0 spiro atoms. The molecule has 0 aliphatic rings. The number of halogens is 1. The van der Waals surface area contributed by atoms with E-state index in [1.807, 2.05) is 19.0 Å². The van der Waals surface area contributed by atoms with Gasteiger partial charge in [-0.1, -0.05) is 11.6 Å². The van der Waals surface area contributed by atoms with Crippen LogP contribution in [0.5, 0.6) is 0 Å². The van der Waals surface area contributed by atoms with Crippen LogP contribution in [0.3, 0.4) is 0 Å². The summed E-state index contributed by atoms with van der Waals surface area (Å²) in [5.74, 6) is 0.657. The number of aromatic nitrogens is 2. The molecular formula is C9H14ClN3O. The molecule has 5 heteroatoms. The lowest BCUT2D eigenvalue weighted by atomic mass is 10.5. The third-order valence-electron chi connectivity index (χ3n) is 1.94. The van der Waals surface area contributed by atoms with Crippen molar-refractivity contribution in [3.05, 3.63) is 27.4 Å². The van der Waals surface area contributed by atoms with Gasteiger partial charge in [-0.05, 0) is 21.0 Å². The fourth-order valence-corrected chi connectivity index (χ4v) is 1.37. The Bertz CT molecular complexity index is 373. The van der Waals surface area contributed by atoms with Gasteiger partial charge in [-0.2, -0.15) is 0 Å². The summed E-state index contributed by atoms with van der Waals surface area (Å²) in [7, 11) is 3.92. The summed E-state index contributed by atoms with van der Waals surface area (Å²) in [5, 5.41) is 0.258. The maximum atomic E-state index is 11.5. The van der Waals surface area contributed by atoms with Crippen LogP contribution in [-0.4, -0.2) is 35.1 Å². The number of likely N-dealkylation sites (N-methyl/N-ethyl adjacent to an activating group) is 1. The maximum Gasteiger partial charge on any atom is 0.255 e. The average Bonchev–Trinajstić information content (AvgIpc) is 2.01. The van der Waals surface area contributed by atoms with E-state index in [2.05, 4.69) is 4.98 Å². The van der Waals surface area contributed by atoms with E-state index in [1.165, 1.54) is 6.07 Å². The molecule has 1 heterocycles. The molecule has 0 aromatic carbocycles. The van der Waals surface area contributed by atoms with Crippen LogP contribution in [0.15, 0.2) is 10.9 Å². The van der Waals surface area contributed by atoms with Crippen molar-refractivity contribution in [1.82, 2.24) is 14.5 Å². The largest absolute Gasteiger partial charge is 0.308 e. The Labute approximate surface area is 88.1 Å². The molecule has 0 radical (unpaired) electrons. The van der Waals surface area contributed by atoms with E-state index in [9.17, 15) is 4.79 Å². The molecule has 0 bridgehead atoms. The molecule has 0 atom stereocenters. The molecule has 4 nitrogen and oxygen atoms in total. The maximum absolute atomic E-state index is 11.5. The van der Waals surface area contributed by atoms with Crippen molar-refractivity contribution < 1.29 is 0 Å². The van der Waals surface area contributed by atoms with Crippen LogP contribution in [0.2, 0.25) is 5.15 Å². The van der Waals surface area contributed by atoms with E-state index in [1.54, 1.807) is 11.5 Å². The van der Waals surface area contributed by atoms with E-state index in [0.717, 1.165) is 6.54 Å². The van der Waals surface area contributed by atoms with Gasteiger partial charge in [-0.25, -0.2) is 4.98 Å². The Morgan fingerprint density at radius 3 is 2.71 bits per heavy atom. The predicted octanol–water partition coefficient (Wildman–Crippen LogP) is 0.767. The van der Waals surface area contributed by atoms with E-state index in [4.69, 9.17) is 11.6 Å². The lowest BCUT2D eigenvalue weighted by molar-refractivity contribution is 0.377. The Morgan fingerprint density at radius 1 is 1.57 bits per heavy atom. The van der Waals surface area contributed by atoms with Gasteiger partial charge < -0.3 is 4.90 Å². The number of rotatable bonds is 3. The van der Waals surface area contributed by atoms with Gasteiger partial charge in [0, 0.05) is 19.2 Å². The van der Waals surface area contributed by atoms with Crippen molar-refractivity contribution in [1.29, 1.82) is 0 Å². The predicted molar refractivity (Wildman–Crippen MR) is 56.8 cm³/mol. The Kier molecular flexibility index (Phi) is 3.66. The fraction of sp³-hybridized carbons (Fsp3) is 0.556. The monoisotopic (exact) mass is 215 g/mol. The van der Waals surface area contributed by atoms with Gasteiger partial charge in [-0.15, -0.1) is 0 Å². The topological polar surface area (TPSA) is 38.1 Å². The summed E-state index contributed by atoms with van der Waals surface area (Å²) >= 11 is 5.65. The van der Waals surface area contributed by atoms with Crippen molar-refractivity contribution in [3.8, 4) is 0 Å². The van der Waals surface area contributed by atoms with Gasteiger partial charge in [0.05, 0.1) is 0 Å². The minimum absolute atomic E-state index is 0.0932. The molecule has 78 valence electrons. The van der Waals surface area contributed by atoms with Gasteiger partial charge in [0.15, 0.2) is 0 Å².